The normalized spacial score (nSPS) is 15.0. The van der Waals surface area contributed by atoms with Crippen molar-refractivity contribution in [2.45, 2.75) is 83.8 Å². The summed E-state index contributed by atoms with van der Waals surface area (Å²) in [6.07, 6.45) is 5.20. The van der Waals surface area contributed by atoms with Crippen LogP contribution < -0.4 is 5.32 Å². The number of amides is 2. The fourth-order valence-corrected chi connectivity index (χ4v) is 4.23. The minimum atomic E-state index is -0.587. The lowest BCUT2D eigenvalue weighted by molar-refractivity contribution is -0.140. The van der Waals surface area contributed by atoms with E-state index in [0.717, 1.165) is 36.8 Å². The molecule has 0 spiro atoms. The fraction of sp³-hybridized carbons (Fsp3) is 0.481. The van der Waals surface area contributed by atoms with Crippen LogP contribution in [0.15, 0.2) is 48.5 Å². The maximum atomic E-state index is 13.3. The average molecular weight is 439 g/mol. The summed E-state index contributed by atoms with van der Waals surface area (Å²) in [6.45, 7) is 6.38. The molecule has 4 nitrogen and oxygen atoms in total. The number of benzene rings is 2. The van der Waals surface area contributed by atoms with E-state index < -0.39 is 6.04 Å². The van der Waals surface area contributed by atoms with E-state index >= 15 is 0 Å². The van der Waals surface area contributed by atoms with Gasteiger partial charge in [-0.2, -0.15) is 0 Å². The van der Waals surface area contributed by atoms with Gasteiger partial charge in [-0.1, -0.05) is 63.1 Å². The first kappa shape index (κ1) is 24.0. The molecule has 0 radical (unpaired) electrons. The van der Waals surface area contributed by atoms with Gasteiger partial charge in [-0.05, 0) is 60.9 Å². The predicted octanol–water partition coefficient (Wildman–Crippen LogP) is 5.36. The molecule has 1 aliphatic carbocycles. The second-order valence-electron chi connectivity index (χ2n) is 9.21. The third-order valence-electron chi connectivity index (χ3n) is 6.41. The van der Waals surface area contributed by atoms with E-state index in [4.69, 9.17) is 0 Å². The summed E-state index contributed by atoms with van der Waals surface area (Å²) in [5.74, 6) is -0.0374. The molecule has 2 aromatic rings. The number of hydrogen-bond acceptors (Lipinski definition) is 2. The fourth-order valence-electron chi connectivity index (χ4n) is 4.23. The van der Waals surface area contributed by atoms with Crippen molar-refractivity contribution in [3.8, 4) is 0 Å². The van der Waals surface area contributed by atoms with E-state index in [0.29, 0.717) is 18.8 Å². The highest BCUT2D eigenvalue weighted by atomic mass is 19.1. The van der Waals surface area contributed by atoms with Gasteiger partial charge in [0.25, 0.3) is 0 Å². The van der Waals surface area contributed by atoms with E-state index in [1.807, 2.05) is 0 Å². The molecule has 3 rings (SSSR count). The van der Waals surface area contributed by atoms with Gasteiger partial charge in [-0.3, -0.25) is 9.59 Å². The number of halogens is 1. The summed E-state index contributed by atoms with van der Waals surface area (Å²) in [5.41, 5.74) is 3.18. The van der Waals surface area contributed by atoms with Gasteiger partial charge in [0.2, 0.25) is 11.8 Å². The molecule has 172 valence electrons. The van der Waals surface area contributed by atoms with Gasteiger partial charge in [0.05, 0.1) is 0 Å². The number of nitrogens with zero attached hydrogens (tertiary/aromatic N) is 1. The maximum Gasteiger partial charge on any atom is 0.242 e. The Morgan fingerprint density at radius 3 is 2.16 bits per heavy atom. The monoisotopic (exact) mass is 438 g/mol. The van der Waals surface area contributed by atoms with Crippen molar-refractivity contribution < 1.29 is 14.0 Å². The largest absolute Gasteiger partial charge is 0.352 e. The van der Waals surface area contributed by atoms with Gasteiger partial charge >= 0.3 is 0 Å². The van der Waals surface area contributed by atoms with E-state index in [1.165, 1.54) is 17.7 Å². The molecule has 1 aliphatic rings. The molecule has 0 aromatic heterocycles. The van der Waals surface area contributed by atoms with Crippen LogP contribution in [0.4, 0.5) is 4.39 Å². The number of hydrogen-bond donors (Lipinski definition) is 1. The number of carbonyl (C=O) groups is 2. The summed E-state index contributed by atoms with van der Waals surface area (Å²) in [6, 6.07) is 14.1. The first-order chi connectivity index (χ1) is 15.3. The van der Waals surface area contributed by atoms with Crippen LogP contribution in [0.3, 0.4) is 0 Å². The number of aryl methyl sites for hydroxylation is 1. The van der Waals surface area contributed by atoms with Crippen LogP contribution >= 0.6 is 0 Å². The van der Waals surface area contributed by atoms with Crippen LogP contribution in [-0.2, 0) is 22.6 Å². The van der Waals surface area contributed by atoms with Gasteiger partial charge in [0, 0.05) is 19.0 Å². The lowest BCUT2D eigenvalue weighted by Crippen LogP contribution is -2.49. The van der Waals surface area contributed by atoms with Crippen molar-refractivity contribution in [1.82, 2.24) is 10.2 Å². The minimum absolute atomic E-state index is 0.0728. The SMILES string of the molecule is CC(C)c1ccc(CCC(=O)N(Cc2ccc(F)cc2)[C@@H](C)C(=O)NC2CCCC2)cc1. The van der Waals surface area contributed by atoms with Crippen LogP contribution in [0.2, 0.25) is 0 Å². The molecule has 0 saturated heterocycles. The molecule has 1 fully saturated rings. The number of nitrogens with one attached hydrogen (secondary N) is 1. The molecule has 2 aromatic carbocycles. The van der Waals surface area contributed by atoms with Gasteiger partial charge in [-0.25, -0.2) is 4.39 Å². The van der Waals surface area contributed by atoms with E-state index in [-0.39, 0.29) is 30.2 Å². The van der Waals surface area contributed by atoms with Crippen molar-refractivity contribution in [2.75, 3.05) is 0 Å². The van der Waals surface area contributed by atoms with Crippen molar-refractivity contribution >= 4 is 11.8 Å². The zero-order chi connectivity index (χ0) is 23.1. The third kappa shape index (κ3) is 6.65. The van der Waals surface area contributed by atoms with Crippen LogP contribution in [0.1, 0.15) is 75.5 Å². The zero-order valence-electron chi connectivity index (χ0n) is 19.4. The Bertz CT molecular complexity index is 887. The van der Waals surface area contributed by atoms with Crippen LogP contribution in [0, 0.1) is 5.82 Å². The Balaban J connectivity index is 1.68. The van der Waals surface area contributed by atoms with Gasteiger partial charge in [-0.15, -0.1) is 0 Å². The quantitative estimate of drug-likeness (QED) is 0.573. The van der Waals surface area contributed by atoms with Gasteiger partial charge < -0.3 is 10.2 Å². The molecule has 0 bridgehead atoms. The van der Waals surface area contributed by atoms with Crippen LogP contribution in [0.5, 0.6) is 0 Å². The van der Waals surface area contributed by atoms with Gasteiger partial charge in [0.15, 0.2) is 0 Å². The molecule has 0 unspecified atom stereocenters. The van der Waals surface area contributed by atoms with Crippen LogP contribution in [-0.4, -0.2) is 28.8 Å². The van der Waals surface area contributed by atoms with E-state index in [1.54, 1.807) is 24.0 Å². The van der Waals surface area contributed by atoms with E-state index in [9.17, 15) is 14.0 Å². The molecule has 1 saturated carbocycles. The highest BCUT2D eigenvalue weighted by Gasteiger charge is 2.28. The molecule has 0 aliphatic heterocycles. The summed E-state index contributed by atoms with van der Waals surface area (Å²) >= 11 is 0. The molecule has 1 atom stereocenters. The lowest BCUT2D eigenvalue weighted by Gasteiger charge is -2.30. The maximum absolute atomic E-state index is 13.3. The minimum Gasteiger partial charge on any atom is -0.352 e. The van der Waals surface area contributed by atoms with Crippen molar-refractivity contribution in [3.63, 3.8) is 0 Å². The number of carbonyl (C=O) groups excluding carboxylic acids is 2. The molecular formula is C27H35FN2O2. The summed E-state index contributed by atoms with van der Waals surface area (Å²) in [5, 5.41) is 3.11. The summed E-state index contributed by atoms with van der Waals surface area (Å²) in [4.78, 5) is 27.7. The Morgan fingerprint density at radius 1 is 0.969 bits per heavy atom. The first-order valence-corrected chi connectivity index (χ1v) is 11.8. The second kappa shape index (κ2) is 11.3. The predicted molar refractivity (Wildman–Crippen MR) is 126 cm³/mol. The molecular weight excluding hydrogens is 403 g/mol. The number of rotatable bonds is 9. The molecule has 32 heavy (non-hydrogen) atoms. The topological polar surface area (TPSA) is 49.4 Å². The van der Waals surface area contributed by atoms with Crippen molar-refractivity contribution in [1.29, 1.82) is 0 Å². The Morgan fingerprint density at radius 2 is 1.56 bits per heavy atom. The van der Waals surface area contributed by atoms with E-state index in [2.05, 4.69) is 43.4 Å². The van der Waals surface area contributed by atoms with Gasteiger partial charge in [0.1, 0.15) is 11.9 Å². The third-order valence-corrected chi connectivity index (χ3v) is 6.41. The zero-order valence-corrected chi connectivity index (χ0v) is 19.4. The Hall–Kier alpha value is -2.69. The smallest absolute Gasteiger partial charge is 0.242 e. The average Bonchev–Trinajstić information content (AvgIpc) is 3.30. The summed E-state index contributed by atoms with van der Waals surface area (Å²) in [7, 11) is 0. The lowest BCUT2D eigenvalue weighted by atomic mass is 10.00. The molecule has 1 N–H and O–H groups in total. The van der Waals surface area contributed by atoms with Crippen molar-refractivity contribution in [2.24, 2.45) is 0 Å². The highest BCUT2D eigenvalue weighted by molar-refractivity contribution is 5.87. The molecule has 2 amide bonds. The standard InChI is InChI=1S/C27H35FN2O2/c1-19(2)23-13-8-21(9-14-23)12-17-26(31)30(18-22-10-15-24(28)16-11-22)20(3)27(32)29-25-6-4-5-7-25/h8-11,13-16,19-20,25H,4-7,12,17-18H2,1-3H3,(H,29,32)/t20-/m0/s1. The Labute approximate surface area is 191 Å². The summed E-state index contributed by atoms with van der Waals surface area (Å²) < 4.78 is 13.3. The first-order valence-electron chi connectivity index (χ1n) is 11.8. The van der Waals surface area contributed by atoms with Crippen LogP contribution in [0.25, 0.3) is 0 Å². The molecule has 0 heterocycles. The molecule has 5 heteroatoms. The Kier molecular flexibility index (Phi) is 8.43. The van der Waals surface area contributed by atoms with Crippen molar-refractivity contribution in [3.05, 3.63) is 71.0 Å². The second-order valence-corrected chi connectivity index (χ2v) is 9.21. The highest BCUT2D eigenvalue weighted by Crippen LogP contribution is 2.20.